The molecule has 5 nitrogen and oxygen atoms in total. The molecule has 2 aliphatic heterocycles. The van der Waals surface area contributed by atoms with Crippen molar-refractivity contribution >= 4 is 74.5 Å². The van der Waals surface area contributed by atoms with Gasteiger partial charge in [-0.15, -0.1) is 0 Å². The molecule has 9 aromatic carbocycles. The summed E-state index contributed by atoms with van der Waals surface area (Å²) in [5.41, 5.74) is 14.1. The van der Waals surface area contributed by atoms with Crippen LogP contribution >= 0.6 is 0 Å². The van der Waals surface area contributed by atoms with Gasteiger partial charge in [0.2, 0.25) is 0 Å². The van der Waals surface area contributed by atoms with Gasteiger partial charge >= 0.3 is 14.2 Å². The standard InChI is InChI=1S/C73H79B2NO4/c1-11-13-15-23-45-73(46-24-16-14-12-2)65-48-53(68-63-29-21-19-27-61(63)67(62-28-20-22-30-64(62)68)52-32-31-50-25-17-18-26-51(50)47-52)33-43-59(65)60-44-42-58(49-66(60)73)76(56-38-34-54(35-39-56)74-77-69(3,4)70(5,6)78-74)57-40-36-55(37-41-57)75-79-71(7,8)72(9,10)80-75/h17-22,25-44,47-49H,11-16,23-24,45-46H2,1-10H3. The van der Waals surface area contributed by atoms with E-state index < -0.39 is 36.6 Å². The van der Waals surface area contributed by atoms with Gasteiger partial charge < -0.3 is 23.5 Å². The smallest absolute Gasteiger partial charge is 0.399 e. The molecule has 1 aliphatic carbocycles. The van der Waals surface area contributed by atoms with E-state index in [1.54, 1.807) is 0 Å². The molecule has 0 saturated carbocycles. The second-order valence-corrected chi connectivity index (χ2v) is 25.3. The van der Waals surface area contributed by atoms with Crippen LogP contribution in [0.15, 0.2) is 176 Å². The predicted molar refractivity (Wildman–Crippen MR) is 340 cm³/mol. The maximum absolute atomic E-state index is 6.57. The molecule has 0 amide bonds. The van der Waals surface area contributed by atoms with E-state index in [9.17, 15) is 0 Å². The zero-order valence-corrected chi connectivity index (χ0v) is 49.0. The lowest BCUT2D eigenvalue weighted by atomic mass is 9.70. The summed E-state index contributed by atoms with van der Waals surface area (Å²) in [6, 6.07) is 66.6. The normalized spacial score (nSPS) is 17.4. The van der Waals surface area contributed by atoms with E-state index in [1.165, 1.54) is 128 Å². The van der Waals surface area contributed by atoms with Crippen LogP contribution in [0.1, 0.15) is 145 Å². The Labute approximate surface area is 477 Å². The molecule has 7 heteroatoms. The molecule has 0 aromatic heterocycles. The van der Waals surface area contributed by atoms with Crippen molar-refractivity contribution in [2.45, 2.75) is 161 Å². The molecular formula is C73H79B2NO4. The van der Waals surface area contributed by atoms with E-state index in [4.69, 9.17) is 18.6 Å². The first-order valence-electron chi connectivity index (χ1n) is 30.0. The van der Waals surface area contributed by atoms with E-state index in [0.717, 1.165) is 40.8 Å². The Hall–Kier alpha value is -6.47. The molecule has 0 unspecified atom stereocenters. The van der Waals surface area contributed by atoms with Crippen molar-refractivity contribution in [3.63, 3.8) is 0 Å². The maximum atomic E-state index is 6.57. The summed E-state index contributed by atoms with van der Waals surface area (Å²) in [5.74, 6) is 0. The van der Waals surface area contributed by atoms with Gasteiger partial charge in [0, 0.05) is 22.5 Å². The lowest BCUT2D eigenvalue weighted by Crippen LogP contribution is -2.41. The average molecular weight is 1060 g/mol. The molecule has 12 rings (SSSR count). The molecule has 0 spiro atoms. The number of hydrogen-bond donors (Lipinski definition) is 0. The molecule has 0 radical (unpaired) electrons. The fourth-order valence-electron chi connectivity index (χ4n) is 13.2. The SMILES string of the molecule is CCCCCCC1(CCCCCC)c2cc(-c3c4ccccc4c(-c4ccc5ccccc5c4)c4ccccc34)ccc2-c2ccc(N(c3ccc(B4OC(C)(C)C(C)(C)O4)cc3)c3ccc(B4OC(C)(C)C(C)(C)O4)cc3)cc21. The van der Waals surface area contributed by atoms with Crippen molar-refractivity contribution in [2.24, 2.45) is 0 Å². The van der Waals surface area contributed by atoms with Gasteiger partial charge in [0.1, 0.15) is 0 Å². The summed E-state index contributed by atoms with van der Waals surface area (Å²) in [7, 11) is -0.908. The van der Waals surface area contributed by atoms with E-state index in [-0.39, 0.29) is 5.41 Å². The van der Waals surface area contributed by atoms with Crippen molar-refractivity contribution in [3.05, 3.63) is 187 Å². The van der Waals surface area contributed by atoms with Crippen LogP contribution in [0.3, 0.4) is 0 Å². The fourth-order valence-corrected chi connectivity index (χ4v) is 13.2. The number of anilines is 3. The maximum Gasteiger partial charge on any atom is 0.494 e. The fraction of sp³-hybridized carbons (Fsp3) is 0.342. The van der Waals surface area contributed by atoms with Gasteiger partial charge in [-0.3, -0.25) is 0 Å². The van der Waals surface area contributed by atoms with Crippen molar-refractivity contribution in [1.29, 1.82) is 0 Å². The first kappa shape index (κ1) is 54.1. The number of hydrogen-bond acceptors (Lipinski definition) is 5. The van der Waals surface area contributed by atoms with Crippen LogP contribution in [-0.2, 0) is 24.0 Å². The molecular weight excluding hydrogens is 976 g/mol. The van der Waals surface area contributed by atoms with Crippen molar-refractivity contribution in [2.75, 3.05) is 4.90 Å². The second kappa shape index (κ2) is 21.1. The molecule has 0 N–H and O–H groups in total. The zero-order valence-electron chi connectivity index (χ0n) is 49.0. The first-order valence-corrected chi connectivity index (χ1v) is 30.0. The molecule has 2 heterocycles. The number of benzene rings is 9. The van der Waals surface area contributed by atoms with Crippen molar-refractivity contribution in [1.82, 2.24) is 0 Å². The minimum absolute atomic E-state index is 0.193. The largest absolute Gasteiger partial charge is 0.494 e. The molecule has 2 saturated heterocycles. The van der Waals surface area contributed by atoms with Gasteiger partial charge in [0.05, 0.1) is 22.4 Å². The number of unbranched alkanes of at least 4 members (excludes halogenated alkanes) is 6. The van der Waals surface area contributed by atoms with Crippen LogP contribution in [0, 0.1) is 0 Å². The topological polar surface area (TPSA) is 40.2 Å². The molecule has 2 fully saturated rings. The van der Waals surface area contributed by atoms with Crippen LogP contribution in [0.5, 0.6) is 0 Å². The van der Waals surface area contributed by atoms with Crippen LogP contribution in [0.4, 0.5) is 17.1 Å². The van der Waals surface area contributed by atoms with Crippen molar-refractivity contribution < 1.29 is 18.6 Å². The highest BCUT2D eigenvalue weighted by Crippen LogP contribution is 2.57. The van der Waals surface area contributed by atoms with E-state index in [0.29, 0.717) is 0 Å². The lowest BCUT2D eigenvalue weighted by molar-refractivity contribution is 0.00578. The summed E-state index contributed by atoms with van der Waals surface area (Å²) in [5, 5.41) is 7.65. The number of nitrogens with zero attached hydrogens (tertiary/aromatic N) is 1. The second-order valence-electron chi connectivity index (χ2n) is 25.3. The summed E-state index contributed by atoms with van der Waals surface area (Å²) in [6.45, 7) is 21.6. The van der Waals surface area contributed by atoms with Gasteiger partial charge in [-0.05, 0) is 205 Å². The minimum atomic E-state index is -0.454. The molecule has 0 atom stereocenters. The minimum Gasteiger partial charge on any atom is -0.399 e. The van der Waals surface area contributed by atoms with E-state index >= 15 is 0 Å². The predicted octanol–water partition coefficient (Wildman–Crippen LogP) is 18.8. The Kier molecular flexibility index (Phi) is 14.3. The summed E-state index contributed by atoms with van der Waals surface area (Å²) in [4.78, 5) is 2.44. The highest BCUT2D eigenvalue weighted by Gasteiger charge is 2.53. The highest BCUT2D eigenvalue weighted by atomic mass is 16.7. The van der Waals surface area contributed by atoms with E-state index in [2.05, 4.69) is 250 Å². The summed E-state index contributed by atoms with van der Waals surface area (Å²) >= 11 is 0. The van der Waals surface area contributed by atoms with Gasteiger partial charge in [0.25, 0.3) is 0 Å². The third-order valence-electron chi connectivity index (χ3n) is 19.1. The zero-order chi connectivity index (χ0) is 55.6. The van der Waals surface area contributed by atoms with Gasteiger partial charge in [-0.1, -0.05) is 193 Å². The van der Waals surface area contributed by atoms with E-state index in [1.807, 2.05) is 0 Å². The molecule has 9 aromatic rings. The quantitative estimate of drug-likeness (QED) is 0.0516. The molecule has 406 valence electrons. The van der Waals surface area contributed by atoms with Crippen molar-refractivity contribution in [3.8, 4) is 33.4 Å². The number of fused-ring (bicyclic) bond motifs is 6. The third kappa shape index (κ3) is 9.50. The van der Waals surface area contributed by atoms with Crippen LogP contribution in [0.2, 0.25) is 0 Å². The van der Waals surface area contributed by atoms with Gasteiger partial charge in [-0.2, -0.15) is 0 Å². The molecule has 0 bridgehead atoms. The molecule has 3 aliphatic rings. The lowest BCUT2D eigenvalue weighted by Gasteiger charge is -2.34. The Balaban J connectivity index is 1.01. The Morgan fingerprint density at radius 1 is 0.362 bits per heavy atom. The first-order chi connectivity index (χ1) is 38.5. The summed E-state index contributed by atoms with van der Waals surface area (Å²) in [6.07, 6.45) is 11.9. The monoisotopic (exact) mass is 1060 g/mol. The van der Waals surface area contributed by atoms with Crippen LogP contribution in [0.25, 0.3) is 65.7 Å². The number of rotatable bonds is 17. The molecule has 80 heavy (non-hydrogen) atoms. The van der Waals surface area contributed by atoms with Crippen LogP contribution in [-0.4, -0.2) is 36.6 Å². The summed E-state index contributed by atoms with van der Waals surface area (Å²) < 4.78 is 26.3. The van der Waals surface area contributed by atoms with Gasteiger partial charge in [-0.25, -0.2) is 0 Å². The van der Waals surface area contributed by atoms with Crippen LogP contribution < -0.4 is 15.8 Å². The van der Waals surface area contributed by atoms with Gasteiger partial charge in [0.15, 0.2) is 0 Å². The Morgan fingerprint density at radius 2 is 0.750 bits per heavy atom. The third-order valence-corrected chi connectivity index (χ3v) is 19.1. The Bertz CT molecular complexity index is 3570. The Morgan fingerprint density at radius 3 is 1.21 bits per heavy atom. The average Bonchev–Trinajstić information content (AvgIpc) is 3.98. The highest BCUT2D eigenvalue weighted by molar-refractivity contribution is 6.62.